The molecule has 1 unspecified atom stereocenters. The maximum Gasteiger partial charge on any atom is 0.425 e. The van der Waals surface area contributed by atoms with E-state index < -0.39 is 27.4 Å². The fourth-order valence-corrected chi connectivity index (χ4v) is 4.98. The maximum atomic E-state index is 13.8. The van der Waals surface area contributed by atoms with E-state index in [2.05, 4.69) is 0 Å². The number of aliphatic hydroxyl groups is 1. The number of rotatable bonds is 5. The molecule has 3 rings (SSSR count). The fraction of sp³-hybridized carbons (Fsp3) is 0.143. The number of sulfonamides is 1. The average Bonchev–Trinajstić information content (AvgIpc) is 2.74. The van der Waals surface area contributed by atoms with Crippen molar-refractivity contribution in [2.24, 2.45) is 0 Å². The first kappa shape index (κ1) is 23.4. The minimum absolute atomic E-state index is 0.0524. The van der Waals surface area contributed by atoms with Crippen LogP contribution in [0.25, 0.3) is 0 Å². The summed E-state index contributed by atoms with van der Waals surface area (Å²) >= 11 is 11.9. The van der Waals surface area contributed by atoms with Crippen LogP contribution >= 0.6 is 23.2 Å². The molecule has 0 saturated heterocycles. The second-order valence-corrected chi connectivity index (χ2v) is 9.45. The first-order chi connectivity index (χ1) is 14.4. The van der Waals surface area contributed by atoms with E-state index in [0.29, 0.717) is 0 Å². The highest BCUT2D eigenvalue weighted by atomic mass is 35.5. The van der Waals surface area contributed by atoms with E-state index in [-0.39, 0.29) is 26.2 Å². The molecule has 0 heterocycles. The Balaban J connectivity index is 2.03. The lowest BCUT2D eigenvalue weighted by atomic mass is 9.85. The van der Waals surface area contributed by atoms with Crippen LogP contribution in [0.3, 0.4) is 0 Å². The third-order valence-electron chi connectivity index (χ3n) is 4.78. The molecule has 1 atom stereocenters. The minimum atomic E-state index is -5.01. The van der Waals surface area contributed by atoms with Gasteiger partial charge in [-0.05, 0) is 41.5 Å². The summed E-state index contributed by atoms with van der Waals surface area (Å²) in [4.78, 5) is -0.246. The first-order valence-corrected chi connectivity index (χ1v) is 11.0. The predicted octanol–water partition coefficient (Wildman–Crippen LogP) is 5.62. The first-order valence-electron chi connectivity index (χ1n) is 8.78. The van der Waals surface area contributed by atoms with Gasteiger partial charge in [0.1, 0.15) is 4.90 Å². The van der Waals surface area contributed by atoms with Crippen molar-refractivity contribution in [2.45, 2.75) is 16.7 Å². The molecule has 3 aromatic carbocycles. The van der Waals surface area contributed by atoms with Crippen LogP contribution in [-0.4, -0.2) is 26.7 Å². The molecule has 0 aliphatic heterocycles. The summed E-state index contributed by atoms with van der Waals surface area (Å²) < 4.78 is 68.2. The van der Waals surface area contributed by atoms with Crippen LogP contribution in [-0.2, 0) is 15.6 Å². The Morgan fingerprint density at radius 1 is 0.871 bits per heavy atom. The monoisotopic (exact) mass is 489 g/mol. The summed E-state index contributed by atoms with van der Waals surface area (Å²) in [6, 6.07) is 15.0. The molecule has 1 N–H and O–H groups in total. The number of hydrogen-bond donors (Lipinski definition) is 1. The largest absolute Gasteiger partial charge is 0.425 e. The molecule has 0 spiro atoms. The van der Waals surface area contributed by atoms with Crippen LogP contribution in [0.5, 0.6) is 0 Å². The van der Waals surface area contributed by atoms with Crippen molar-refractivity contribution in [1.82, 2.24) is 0 Å². The summed E-state index contributed by atoms with van der Waals surface area (Å²) in [7, 11) is -2.91. The van der Waals surface area contributed by atoms with Crippen molar-refractivity contribution < 1.29 is 26.7 Å². The van der Waals surface area contributed by atoms with Gasteiger partial charge in [-0.2, -0.15) is 13.2 Å². The van der Waals surface area contributed by atoms with Crippen molar-refractivity contribution in [3.8, 4) is 0 Å². The Hall–Kier alpha value is -2.26. The van der Waals surface area contributed by atoms with E-state index in [1.165, 1.54) is 67.7 Å². The Bertz CT molecular complexity index is 1190. The molecule has 0 fully saturated rings. The van der Waals surface area contributed by atoms with E-state index >= 15 is 0 Å². The topological polar surface area (TPSA) is 57.6 Å². The third kappa shape index (κ3) is 4.25. The molecule has 0 bridgehead atoms. The van der Waals surface area contributed by atoms with Crippen LogP contribution in [0, 0.1) is 0 Å². The third-order valence-corrected chi connectivity index (χ3v) is 7.28. The zero-order valence-corrected chi connectivity index (χ0v) is 18.3. The van der Waals surface area contributed by atoms with E-state index in [0.717, 1.165) is 16.4 Å². The van der Waals surface area contributed by atoms with Crippen molar-refractivity contribution in [3.63, 3.8) is 0 Å². The summed E-state index contributed by atoms with van der Waals surface area (Å²) in [5.74, 6) is 0. The van der Waals surface area contributed by atoms with E-state index in [9.17, 15) is 26.7 Å². The molecule has 4 nitrogen and oxygen atoms in total. The molecule has 0 radical (unpaired) electrons. The molecular formula is C21H16Cl2F3NO3S. The zero-order chi connectivity index (χ0) is 23.0. The van der Waals surface area contributed by atoms with Gasteiger partial charge < -0.3 is 5.11 Å². The standard InChI is InChI=1S/C21H16Cl2F3NO3S/c1-27(31(29,30)19-13-16(22)9-12-18(19)23)17-10-7-15(8-11-17)20(28,21(24,25)26)14-5-3-2-4-6-14/h2-13,28H,1H3. The molecule has 0 amide bonds. The predicted molar refractivity (Wildman–Crippen MR) is 114 cm³/mol. The molecule has 0 aliphatic carbocycles. The summed E-state index contributed by atoms with van der Waals surface area (Å²) in [5, 5.41) is 10.7. The van der Waals surface area contributed by atoms with Crippen LogP contribution < -0.4 is 4.31 Å². The van der Waals surface area contributed by atoms with Gasteiger partial charge in [-0.15, -0.1) is 0 Å². The van der Waals surface area contributed by atoms with Crippen LogP contribution in [0.15, 0.2) is 77.7 Å². The van der Waals surface area contributed by atoms with Gasteiger partial charge in [0.2, 0.25) is 5.60 Å². The highest BCUT2D eigenvalue weighted by Crippen LogP contribution is 2.44. The van der Waals surface area contributed by atoms with Crippen LogP contribution in [0.1, 0.15) is 11.1 Å². The SMILES string of the molecule is CN(c1ccc(C(O)(c2ccccc2)C(F)(F)F)cc1)S(=O)(=O)c1cc(Cl)ccc1Cl. The Morgan fingerprint density at radius 3 is 1.97 bits per heavy atom. The number of hydrogen-bond acceptors (Lipinski definition) is 3. The molecule has 0 saturated carbocycles. The molecular weight excluding hydrogens is 474 g/mol. The number of anilines is 1. The summed E-state index contributed by atoms with van der Waals surface area (Å²) in [6.07, 6.45) is -5.01. The Kier molecular flexibility index (Phi) is 6.30. The van der Waals surface area contributed by atoms with E-state index in [1.807, 2.05) is 0 Å². The normalized spacial score (nSPS) is 14.2. The summed E-state index contributed by atoms with van der Waals surface area (Å²) in [6.45, 7) is 0. The van der Waals surface area contributed by atoms with Crippen molar-refractivity contribution in [2.75, 3.05) is 11.4 Å². The van der Waals surface area contributed by atoms with Gasteiger partial charge in [-0.3, -0.25) is 4.31 Å². The van der Waals surface area contributed by atoms with E-state index in [1.54, 1.807) is 0 Å². The second-order valence-electron chi connectivity index (χ2n) is 6.67. The minimum Gasteiger partial charge on any atom is -0.372 e. The van der Waals surface area contributed by atoms with Crippen LogP contribution in [0.2, 0.25) is 10.0 Å². The van der Waals surface area contributed by atoms with E-state index in [4.69, 9.17) is 23.2 Å². The zero-order valence-electron chi connectivity index (χ0n) is 15.9. The number of alkyl halides is 3. The lowest BCUT2D eigenvalue weighted by molar-refractivity contribution is -0.248. The highest BCUT2D eigenvalue weighted by Gasteiger charge is 2.56. The fourth-order valence-electron chi connectivity index (χ4n) is 3.05. The Morgan fingerprint density at radius 2 is 1.42 bits per heavy atom. The summed E-state index contributed by atoms with van der Waals surface area (Å²) in [5.41, 5.74) is -4.01. The lowest BCUT2D eigenvalue weighted by Gasteiger charge is -2.32. The number of halogens is 5. The number of benzene rings is 3. The molecule has 10 heteroatoms. The van der Waals surface area contributed by atoms with Crippen LogP contribution in [0.4, 0.5) is 18.9 Å². The van der Waals surface area contributed by atoms with Crippen molar-refractivity contribution in [3.05, 3.63) is 94.0 Å². The molecule has 3 aromatic rings. The molecule has 31 heavy (non-hydrogen) atoms. The Labute approximate surface area is 187 Å². The quantitative estimate of drug-likeness (QED) is 0.506. The lowest BCUT2D eigenvalue weighted by Crippen LogP contribution is -2.43. The van der Waals surface area contributed by atoms with Gasteiger partial charge in [0, 0.05) is 12.1 Å². The van der Waals surface area contributed by atoms with Gasteiger partial charge in [-0.1, -0.05) is 65.7 Å². The molecule has 164 valence electrons. The van der Waals surface area contributed by atoms with Gasteiger partial charge in [0.05, 0.1) is 10.7 Å². The smallest absolute Gasteiger partial charge is 0.372 e. The second kappa shape index (κ2) is 8.35. The van der Waals surface area contributed by atoms with Gasteiger partial charge >= 0.3 is 6.18 Å². The van der Waals surface area contributed by atoms with Crippen molar-refractivity contribution >= 4 is 38.9 Å². The molecule has 0 aromatic heterocycles. The number of nitrogens with zero attached hydrogens (tertiary/aromatic N) is 1. The van der Waals surface area contributed by atoms with Gasteiger partial charge in [0.25, 0.3) is 10.0 Å². The average molecular weight is 490 g/mol. The van der Waals surface area contributed by atoms with Gasteiger partial charge in [-0.25, -0.2) is 8.42 Å². The molecule has 0 aliphatic rings. The highest BCUT2D eigenvalue weighted by molar-refractivity contribution is 7.93. The maximum absolute atomic E-state index is 13.8. The van der Waals surface area contributed by atoms with Gasteiger partial charge in [0.15, 0.2) is 0 Å². The van der Waals surface area contributed by atoms with Crippen molar-refractivity contribution in [1.29, 1.82) is 0 Å².